The molecule has 0 saturated heterocycles. The van der Waals surface area contributed by atoms with Gasteiger partial charge in [-0.15, -0.1) is 0 Å². The van der Waals surface area contributed by atoms with Crippen LogP contribution in [0.1, 0.15) is 38.3 Å². The van der Waals surface area contributed by atoms with Crippen molar-refractivity contribution in [2.24, 2.45) is 5.92 Å². The van der Waals surface area contributed by atoms with Gasteiger partial charge in [0.2, 0.25) is 15.9 Å². The Morgan fingerprint density at radius 2 is 1.76 bits per heavy atom. The molecule has 0 heterocycles. The quantitative estimate of drug-likeness (QED) is 0.623. The van der Waals surface area contributed by atoms with Gasteiger partial charge in [0.1, 0.15) is 0 Å². The van der Waals surface area contributed by atoms with Crippen molar-refractivity contribution in [1.82, 2.24) is 9.62 Å². The maximum Gasteiger partial charge on any atom is 0.243 e. The van der Waals surface area contributed by atoms with Gasteiger partial charge in [-0.25, -0.2) is 8.42 Å². The third-order valence-corrected chi connectivity index (χ3v) is 7.24. The largest absolute Gasteiger partial charge is 0.325 e. The number of hydrogen-bond donors (Lipinski definition) is 2. The normalized spacial score (nSPS) is 15.3. The van der Waals surface area contributed by atoms with Crippen molar-refractivity contribution >= 4 is 21.6 Å². The molecule has 1 aliphatic carbocycles. The molecule has 0 radical (unpaired) electrons. The Bertz CT molecular complexity index is 923. The van der Waals surface area contributed by atoms with Crippen molar-refractivity contribution in [2.45, 2.75) is 37.6 Å². The fourth-order valence-corrected chi connectivity index (χ4v) is 5.01. The van der Waals surface area contributed by atoms with E-state index in [1.165, 1.54) is 28.8 Å². The minimum atomic E-state index is -3.56. The van der Waals surface area contributed by atoms with Gasteiger partial charge in [0.15, 0.2) is 0 Å². The second-order valence-corrected chi connectivity index (χ2v) is 9.21. The number of nitrogens with zero attached hydrogens (tertiary/aromatic N) is 1. The number of rotatable bonds is 10. The molecular weight excluding hydrogens is 386 g/mol. The van der Waals surface area contributed by atoms with Crippen LogP contribution >= 0.6 is 0 Å². The number of carbonyl (C=O) groups is 1. The highest BCUT2D eigenvalue weighted by Gasteiger charge is 2.32. The summed E-state index contributed by atoms with van der Waals surface area (Å²) in [6.07, 6.45) is 2.33. The van der Waals surface area contributed by atoms with E-state index in [-0.39, 0.29) is 23.4 Å². The maximum absolute atomic E-state index is 12.7. The van der Waals surface area contributed by atoms with Crippen LogP contribution in [-0.4, -0.2) is 38.3 Å². The molecule has 1 unspecified atom stereocenters. The fourth-order valence-electron chi connectivity index (χ4n) is 3.50. The second-order valence-electron chi connectivity index (χ2n) is 7.27. The summed E-state index contributed by atoms with van der Waals surface area (Å²) in [6.45, 7) is 4.59. The van der Waals surface area contributed by atoms with E-state index in [2.05, 4.69) is 22.8 Å². The van der Waals surface area contributed by atoms with Crippen LogP contribution in [0, 0.1) is 5.92 Å². The summed E-state index contributed by atoms with van der Waals surface area (Å²) in [6, 6.07) is 16.7. The zero-order valence-electron chi connectivity index (χ0n) is 17.0. The molecule has 7 heteroatoms. The number of nitrogens with one attached hydrogen (secondary N) is 2. The monoisotopic (exact) mass is 415 g/mol. The fraction of sp³-hybridized carbons (Fsp3) is 0.409. The van der Waals surface area contributed by atoms with E-state index < -0.39 is 10.0 Å². The highest BCUT2D eigenvalue weighted by atomic mass is 32.2. The van der Waals surface area contributed by atoms with E-state index in [1.807, 2.05) is 18.2 Å². The van der Waals surface area contributed by atoms with Gasteiger partial charge in [-0.05, 0) is 42.5 Å². The first-order valence-corrected chi connectivity index (χ1v) is 11.6. The molecule has 156 valence electrons. The second kappa shape index (κ2) is 9.52. The van der Waals surface area contributed by atoms with Gasteiger partial charge in [-0.3, -0.25) is 4.79 Å². The van der Waals surface area contributed by atoms with E-state index in [0.29, 0.717) is 24.7 Å². The van der Waals surface area contributed by atoms with Crippen LogP contribution in [0.4, 0.5) is 5.69 Å². The van der Waals surface area contributed by atoms with Gasteiger partial charge in [0, 0.05) is 24.8 Å². The van der Waals surface area contributed by atoms with Gasteiger partial charge in [-0.1, -0.05) is 50.2 Å². The smallest absolute Gasteiger partial charge is 0.243 e. The predicted octanol–water partition coefficient (Wildman–Crippen LogP) is 3.40. The van der Waals surface area contributed by atoms with Crippen molar-refractivity contribution in [3.05, 3.63) is 60.2 Å². The molecule has 0 aromatic heterocycles. The Hall–Kier alpha value is -2.22. The van der Waals surface area contributed by atoms with Crippen molar-refractivity contribution in [3.8, 4) is 0 Å². The highest BCUT2D eigenvalue weighted by molar-refractivity contribution is 7.89. The van der Waals surface area contributed by atoms with E-state index in [9.17, 15) is 13.2 Å². The van der Waals surface area contributed by atoms with Crippen LogP contribution in [0.3, 0.4) is 0 Å². The molecule has 6 nitrogen and oxygen atoms in total. The van der Waals surface area contributed by atoms with Crippen LogP contribution in [0.2, 0.25) is 0 Å². The Kier molecular flexibility index (Phi) is 7.05. The minimum absolute atomic E-state index is 0.163. The first kappa shape index (κ1) is 21.5. The lowest BCUT2D eigenvalue weighted by atomic mass is 10.0. The van der Waals surface area contributed by atoms with Crippen molar-refractivity contribution in [2.75, 3.05) is 25.0 Å². The first-order valence-electron chi connectivity index (χ1n) is 10.1. The molecule has 3 rings (SSSR count). The Morgan fingerprint density at radius 1 is 1.07 bits per heavy atom. The lowest BCUT2D eigenvalue weighted by Crippen LogP contribution is -2.32. The Balaban J connectivity index is 1.64. The van der Waals surface area contributed by atoms with Gasteiger partial charge < -0.3 is 10.6 Å². The average Bonchev–Trinajstić information content (AvgIpc) is 3.55. The zero-order chi connectivity index (χ0) is 20.9. The van der Waals surface area contributed by atoms with E-state index in [4.69, 9.17) is 0 Å². The Morgan fingerprint density at radius 3 is 2.38 bits per heavy atom. The number of anilines is 1. The summed E-state index contributed by atoms with van der Waals surface area (Å²) in [5.41, 5.74) is 1.67. The van der Waals surface area contributed by atoms with Gasteiger partial charge in [0.05, 0.1) is 11.4 Å². The molecule has 29 heavy (non-hydrogen) atoms. The first-order chi connectivity index (χ1) is 14.0. The average molecular weight is 416 g/mol. The molecule has 2 aromatic carbocycles. The maximum atomic E-state index is 12.7. The van der Waals surface area contributed by atoms with Crippen LogP contribution < -0.4 is 10.6 Å². The van der Waals surface area contributed by atoms with E-state index in [0.717, 1.165) is 0 Å². The van der Waals surface area contributed by atoms with Crippen molar-refractivity contribution in [1.29, 1.82) is 0 Å². The summed E-state index contributed by atoms with van der Waals surface area (Å²) in [5, 5.41) is 6.17. The highest BCUT2D eigenvalue weighted by Crippen LogP contribution is 2.40. The number of benzene rings is 2. The third kappa shape index (κ3) is 5.44. The van der Waals surface area contributed by atoms with E-state index in [1.54, 1.807) is 32.0 Å². The lowest BCUT2D eigenvalue weighted by molar-refractivity contribution is -0.115. The molecule has 2 N–H and O–H groups in total. The summed E-state index contributed by atoms with van der Waals surface area (Å²) in [7, 11) is -3.56. The minimum Gasteiger partial charge on any atom is -0.325 e. The van der Waals surface area contributed by atoms with E-state index >= 15 is 0 Å². The molecule has 1 fully saturated rings. The topological polar surface area (TPSA) is 78.5 Å². The van der Waals surface area contributed by atoms with Crippen molar-refractivity contribution < 1.29 is 13.2 Å². The van der Waals surface area contributed by atoms with Gasteiger partial charge >= 0.3 is 0 Å². The molecule has 0 spiro atoms. The third-order valence-electron chi connectivity index (χ3n) is 5.20. The molecule has 1 saturated carbocycles. The van der Waals surface area contributed by atoms with Crippen LogP contribution in [-0.2, 0) is 14.8 Å². The standard InChI is InChI=1S/C22H29N3O3S/c1-3-25(4-2)29(27,28)20-12-8-11-19(15-20)24-21(26)16-23-22(18-13-14-18)17-9-6-5-7-10-17/h5-12,15,18,22-23H,3-4,13-14,16H2,1-2H3,(H,24,26). The Labute approximate surface area is 173 Å². The lowest BCUT2D eigenvalue weighted by Gasteiger charge is -2.19. The molecule has 1 amide bonds. The number of hydrogen-bond acceptors (Lipinski definition) is 4. The van der Waals surface area contributed by atoms with Gasteiger partial charge in [0.25, 0.3) is 0 Å². The van der Waals surface area contributed by atoms with Gasteiger partial charge in [-0.2, -0.15) is 4.31 Å². The summed E-state index contributed by atoms with van der Waals surface area (Å²) < 4.78 is 26.8. The summed E-state index contributed by atoms with van der Waals surface area (Å²) >= 11 is 0. The van der Waals surface area contributed by atoms with Crippen molar-refractivity contribution in [3.63, 3.8) is 0 Å². The predicted molar refractivity (Wildman–Crippen MR) is 115 cm³/mol. The molecule has 0 bridgehead atoms. The summed E-state index contributed by atoms with van der Waals surface area (Å²) in [5.74, 6) is 0.372. The number of carbonyl (C=O) groups excluding carboxylic acids is 1. The molecular formula is C22H29N3O3S. The molecule has 1 atom stereocenters. The summed E-state index contributed by atoms with van der Waals surface area (Å²) in [4.78, 5) is 12.7. The number of amides is 1. The number of sulfonamides is 1. The molecule has 1 aliphatic rings. The SMILES string of the molecule is CCN(CC)S(=O)(=O)c1cccc(NC(=O)CNC(c2ccccc2)C2CC2)c1. The zero-order valence-corrected chi connectivity index (χ0v) is 17.8. The molecule has 0 aliphatic heterocycles. The molecule has 2 aromatic rings. The van der Waals surface area contributed by atoms with Crippen LogP contribution in [0.5, 0.6) is 0 Å². The van der Waals surface area contributed by atoms with Crippen LogP contribution in [0.25, 0.3) is 0 Å². The van der Waals surface area contributed by atoms with Crippen LogP contribution in [0.15, 0.2) is 59.5 Å².